The van der Waals surface area contributed by atoms with E-state index in [0.717, 1.165) is 37.3 Å². The van der Waals surface area contributed by atoms with Crippen LogP contribution in [0.5, 0.6) is 0 Å². The molecule has 0 atom stereocenters. The lowest BCUT2D eigenvalue weighted by atomic mass is 10.0. The van der Waals surface area contributed by atoms with Gasteiger partial charge in [-0.1, -0.05) is 13.5 Å². The molecule has 0 radical (unpaired) electrons. The number of hydrogen-bond acceptors (Lipinski definition) is 3. The van der Waals surface area contributed by atoms with Crippen molar-refractivity contribution in [2.24, 2.45) is 10.9 Å². The van der Waals surface area contributed by atoms with E-state index in [1.165, 1.54) is 0 Å². The van der Waals surface area contributed by atoms with Crippen LogP contribution in [-0.2, 0) is 0 Å². The minimum Gasteiger partial charge on any atom is -0.323 e. The van der Waals surface area contributed by atoms with Gasteiger partial charge < -0.3 is 5.84 Å². The molecule has 0 aliphatic carbocycles. The molecule has 0 aromatic carbocycles. The van der Waals surface area contributed by atoms with E-state index in [0.29, 0.717) is 0 Å². The molecule has 1 rings (SSSR count). The second-order valence-electron chi connectivity index (χ2n) is 2.80. The van der Waals surface area contributed by atoms with Crippen LogP contribution in [0, 0.1) is 0 Å². The van der Waals surface area contributed by atoms with E-state index in [9.17, 15) is 0 Å². The molecular weight excluding hydrogens is 138 g/mol. The van der Waals surface area contributed by atoms with Crippen molar-refractivity contribution in [2.45, 2.75) is 13.3 Å². The quantitative estimate of drug-likeness (QED) is 0.442. The Labute approximate surface area is 67.6 Å². The predicted molar refractivity (Wildman–Crippen MR) is 47.5 cm³/mol. The van der Waals surface area contributed by atoms with Crippen LogP contribution in [0.15, 0.2) is 17.3 Å². The Morgan fingerprint density at radius 3 is 3.00 bits per heavy atom. The molecule has 2 N–H and O–H groups in total. The van der Waals surface area contributed by atoms with E-state index in [4.69, 9.17) is 5.84 Å². The van der Waals surface area contributed by atoms with Crippen molar-refractivity contribution >= 4 is 5.71 Å². The number of piperidine rings is 1. The molecular formula is C8H15N3. The van der Waals surface area contributed by atoms with Crippen LogP contribution < -0.4 is 5.84 Å². The van der Waals surface area contributed by atoms with Gasteiger partial charge in [0, 0.05) is 13.1 Å². The maximum Gasteiger partial charge on any atom is 0.0767 e. The third-order valence-corrected chi connectivity index (χ3v) is 2.11. The van der Waals surface area contributed by atoms with E-state index in [-0.39, 0.29) is 0 Å². The maximum atomic E-state index is 5.21. The van der Waals surface area contributed by atoms with E-state index in [2.05, 4.69) is 23.5 Å². The molecule has 0 bridgehead atoms. The molecule has 0 spiro atoms. The molecule has 1 fully saturated rings. The molecule has 62 valence electrons. The first-order valence-electron chi connectivity index (χ1n) is 3.95. The molecule has 1 aliphatic rings. The zero-order valence-electron chi connectivity index (χ0n) is 7.01. The predicted octanol–water partition coefficient (Wildman–Crippen LogP) is 0.583. The fourth-order valence-electron chi connectivity index (χ4n) is 1.24. The third-order valence-electron chi connectivity index (χ3n) is 2.11. The van der Waals surface area contributed by atoms with Gasteiger partial charge in [-0.2, -0.15) is 5.10 Å². The van der Waals surface area contributed by atoms with Crippen LogP contribution in [-0.4, -0.2) is 30.2 Å². The summed E-state index contributed by atoms with van der Waals surface area (Å²) in [4.78, 5) is 2.31. The standard InChI is InChI=1S/C8H15N3/c1-3-11-5-4-7(2)8(6-11)10-9/h2-6,9H2,1H3/b10-8-. The molecule has 0 aromatic heterocycles. The van der Waals surface area contributed by atoms with Gasteiger partial charge in [0.1, 0.15) is 0 Å². The van der Waals surface area contributed by atoms with Gasteiger partial charge >= 0.3 is 0 Å². The zero-order chi connectivity index (χ0) is 8.27. The minimum absolute atomic E-state index is 0.867. The average Bonchev–Trinajstić information content (AvgIpc) is 2.05. The molecule has 3 nitrogen and oxygen atoms in total. The summed E-state index contributed by atoms with van der Waals surface area (Å²) in [6, 6.07) is 0. The lowest BCUT2D eigenvalue weighted by molar-refractivity contribution is 0.322. The van der Waals surface area contributed by atoms with Gasteiger partial charge in [-0.25, -0.2) is 0 Å². The lowest BCUT2D eigenvalue weighted by Gasteiger charge is -2.27. The Bertz CT molecular complexity index is 184. The second kappa shape index (κ2) is 3.53. The Hall–Kier alpha value is -0.830. The number of nitrogens with zero attached hydrogens (tertiary/aromatic N) is 2. The number of nitrogens with two attached hydrogens (primary N) is 1. The average molecular weight is 153 g/mol. The van der Waals surface area contributed by atoms with Crippen LogP contribution in [0.1, 0.15) is 13.3 Å². The highest BCUT2D eigenvalue weighted by Gasteiger charge is 2.16. The fourth-order valence-corrected chi connectivity index (χ4v) is 1.24. The minimum atomic E-state index is 0.867. The van der Waals surface area contributed by atoms with Gasteiger partial charge in [0.2, 0.25) is 0 Å². The number of hydrazone groups is 1. The van der Waals surface area contributed by atoms with Gasteiger partial charge in [-0.15, -0.1) is 0 Å². The van der Waals surface area contributed by atoms with Crippen LogP contribution in [0.2, 0.25) is 0 Å². The van der Waals surface area contributed by atoms with Crippen LogP contribution in [0.4, 0.5) is 0 Å². The van der Waals surface area contributed by atoms with Crippen molar-refractivity contribution in [3.05, 3.63) is 12.2 Å². The van der Waals surface area contributed by atoms with Crippen LogP contribution in [0.3, 0.4) is 0 Å². The van der Waals surface area contributed by atoms with Crippen molar-refractivity contribution in [3.63, 3.8) is 0 Å². The molecule has 0 amide bonds. The van der Waals surface area contributed by atoms with Gasteiger partial charge in [-0.05, 0) is 18.5 Å². The molecule has 0 saturated carbocycles. The summed E-state index contributed by atoms with van der Waals surface area (Å²) in [5.74, 6) is 5.21. The molecule has 3 heteroatoms. The molecule has 11 heavy (non-hydrogen) atoms. The molecule has 1 saturated heterocycles. The Balaban J connectivity index is 2.58. The van der Waals surface area contributed by atoms with Crippen molar-refractivity contribution in [2.75, 3.05) is 19.6 Å². The first-order chi connectivity index (χ1) is 5.27. The largest absolute Gasteiger partial charge is 0.323 e. The molecule has 1 heterocycles. The van der Waals surface area contributed by atoms with Gasteiger partial charge in [0.05, 0.1) is 5.71 Å². The number of likely N-dealkylation sites (tertiary alicyclic amines) is 1. The maximum absolute atomic E-state index is 5.21. The summed E-state index contributed by atoms with van der Waals surface area (Å²) in [6.07, 6.45) is 1.00. The normalized spacial score (nSPS) is 24.5. The van der Waals surface area contributed by atoms with E-state index in [1.807, 2.05) is 0 Å². The summed E-state index contributed by atoms with van der Waals surface area (Å²) in [5.41, 5.74) is 2.05. The summed E-state index contributed by atoms with van der Waals surface area (Å²) in [7, 11) is 0. The van der Waals surface area contributed by atoms with E-state index in [1.54, 1.807) is 0 Å². The molecule has 0 unspecified atom stereocenters. The Morgan fingerprint density at radius 1 is 1.73 bits per heavy atom. The van der Waals surface area contributed by atoms with Crippen LogP contribution >= 0.6 is 0 Å². The van der Waals surface area contributed by atoms with E-state index >= 15 is 0 Å². The summed E-state index contributed by atoms with van der Waals surface area (Å²) < 4.78 is 0. The van der Waals surface area contributed by atoms with Crippen molar-refractivity contribution < 1.29 is 0 Å². The number of hydrogen-bond donors (Lipinski definition) is 1. The van der Waals surface area contributed by atoms with Gasteiger partial charge in [-0.3, -0.25) is 4.90 Å². The van der Waals surface area contributed by atoms with Gasteiger partial charge in [0.25, 0.3) is 0 Å². The Morgan fingerprint density at radius 2 is 2.45 bits per heavy atom. The SMILES string of the molecule is C=C1CCN(CC)C/C1=N/N. The van der Waals surface area contributed by atoms with E-state index < -0.39 is 0 Å². The highest BCUT2D eigenvalue weighted by Crippen LogP contribution is 2.10. The highest BCUT2D eigenvalue weighted by atomic mass is 15.2. The van der Waals surface area contributed by atoms with Crippen LogP contribution in [0.25, 0.3) is 0 Å². The second-order valence-corrected chi connectivity index (χ2v) is 2.80. The zero-order valence-corrected chi connectivity index (χ0v) is 7.01. The first-order valence-corrected chi connectivity index (χ1v) is 3.95. The molecule has 0 aromatic rings. The van der Waals surface area contributed by atoms with Gasteiger partial charge in [0.15, 0.2) is 0 Å². The fraction of sp³-hybridized carbons (Fsp3) is 0.625. The third kappa shape index (κ3) is 1.80. The first kappa shape index (κ1) is 8.27. The lowest BCUT2D eigenvalue weighted by Crippen LogP contribution is -2.37. The van der Waals surface area contributed by atoms with Crippen molar-refractivity contribution in [3.8, 4) is 0 Å². The number of rotatable bonds is 1. The summed E-state index contributed by atoms with van der Waals surface area (Å²) in [6.45, 7) is 9.06. The summed E-state index contributed by atoms with van der Waals surface area (Å²) in [5, 5.41) is 3.70. The highest BCUT2D eigenvalue weighted by molar-refractivity contribution is 6.01. The summed E-state index contributed by atoms with van der Waals surface area (Å²) >= 11 is 0. The molecule has 1 aliphatic heterocycles. The monoisotopic (exact) mass is 153 g/mol. The Kier molecular flexibility index (Phi) is 2.65. The van der Waals surface area contributed by atoms with Crippen molar-refractivity contribution in [1.82, 2.24) is 4.90 Å². The topological polar surface area (TPSA) is 41.6 Å². The smallest absolute Gasteiger partial charge is 0.0767 e. The van der Waals surface area contributed by atoms with Crippen molar-refractivity contribution in [1.29, 1.82) is 0 Å².